The summed E-state index contributed by atoms with van der Waals surface area (Å²) < 4.78 is 45.4. The second-order valence-electron chi connectivity index (χ2n) is 10.4. The molecule has 0 saturated heterocycles. The van der Waals surface area contributed by atoms with Gasteiger partial charge in [0, 0.05) is 48.8 Å². The third-order valence-electron chi connectivity index (χ3n) is 6.11. The lowest BCUT2D eigenvalue weighted by Crippen LogP contribution is -2.35. The lowest BCUT2D eigenvalue weighted by atomic mass is 9.90. The lowest BCUT2D eigenvalue weighted by Gasteiger charge is -2.26. The van der Waals surface area contributed by atoms with Crippen molar-refractivity contribution in [2.75, 3.05) is 17.7 Å². The van der Waals surface area contributed by atoms with Gasteiger partial charge in [0.1, 0.15) is 11.4 Å². The number of rotatable bonds is 7. The third-order valence-corrected chi connectivity index (χ3v) is 7.77. The molecular weight excluding hydrogens is 523 g/mol. The Bertz CT molecular complexity index is 1600. The van der Waals surface area contributed by atoms with E-state index in [9.17, 15) is 27.2 Å². The number of aromatic nitrogens is 1. The number of aryl methyl sites for hydroxylation is 2. The van der Waals surface area contributed by atoms with E-state index in [0.717, 1.165) is 0 Å². The number of nitrogens with zero attached hydrogens (tertiary/aromatic N) is 2. The van der Waals surface area contributed by atoms with Crippen molar-refractivity contribution >= 4 is 27.4 Å². The summed E-state index contributed by atoms with van der Waals surface area (Å²) in [6.07, 6.45) is 0.768. The molecule has 0 aliphatic rings. The predicted octanol–water partition coefficient (Wildman–Crippen LogP) is 5.04. The maximum absolute atomic E-state index is 13.8. The van der Waals surface area contributed by atoms with Gasteiger partial charge in [0.25, 0.3) is 5.56 Å². The van der Waals surface area contributed by atoms with Gasteiger partial charge in [-0.2, -0.15) is 0 Å². The minimum absolute atomic E-state index is 0.0652. The van der Waals surface area contributed by atoms with Crippen LogP contribution in [-0.4, -0.2) is 43.3 Å². The number of carbonyl (C=O) groups is 2. The van der Waals surface area contributed by atoms with Crippen molar-refractivity contribution in [1.82, 2.24) is 4.57 Å². The highest BCUT2D eigenvalue weighted by atomic mass is 32.2. The molecular formula is C29H33FN2O6S. The van der Waals surface area contributed by atoms with E-state index >= 15 is 0 Å². The van der Waals surface area contributed by atoms with E-state index in [1.54, 1.807) is 46.8 Å². The van der Waals surface area contributed by atoms with E-state index < -0.39 is 38.7 Å². The summed E-state index contributed by atoms with van der Waals surface area (Å²) in [6, 6.07) is 9.74. The molecule has 0 atom stereocenters. The van der Waals surface area contributed by atoms with Gasteiger partial charge >= 0.3 is 6.09 Å². The molecule has 208 valence electrons. The minimum Gasteiger partial charge on any atom is -0.443 e. The Balaban J connectivity index is 2.32. The molecule has 0 fully saturated rings. The molecule has 39 heavy (non-hydrogen) atoms. The molecule has 0 aliphatic heterocycles. The number of halogens is 1. The Morgan fingerprint density at radius 1 is 1.03 bits per heavy atom. The number of carbonyl (C=O) groups excluding carboxylic acids is 2. The van der Waals surface area contributed by atoms with Crippen LogP contribution in [0.15, 0.2) is 53.5 Å². The number of ketones is 1. The summed E-state index contributed by atoms with van der Waals surface area (Å²) in [4.78, 5) is 40.6. The number of amides is 1. The zero-order valence-electron chi connectivity index (χ0n) is 23.2. The van der Waals surface area contributed by atoms with Gasteiger partial charge in [0.05, 0.1) is 11.4 Å². The highest BCUT2D eigenvalue weighted by Gasteiger charge is 2.26. The first-order valence-corrected chi connectivity index (χ1v) is 14.2. The number of hydrogen-bond donors (Lipinski definition) is 0. The van der Waals surface area contributed by atoms with Gasteiger partial charge in [0.2, 0.25) is 0 Å². The molecule has 10 heteroatoms. The van der Waals surface area contributed by atoms with Gasteiger partial charge in [0.15, 0.2) is 15.6 Å². The minimum atomic E-state index is -3.41. The van der Waals surface area contributed by atoms with E-state index in [4.69, 9.17) is 4.74 Å². The first-order valence-electron chi connectivity index (χ1n) is 12.3. The van der Waals surface area contributed by atoms with Crippen LogP contribution in [0.25, 0.3) is 11.1 Å². The van der Waals surface area contributed by atoms with Crippen LogP contribution in [-0.2, 0) is 27.4 Å². The molecule has 0 unspecified atom stereocenters. The highest BCUT2D eigenvalue weighted by Crippen LogP contribution is 2.35. The average molecular weight is 557 g/mol. The van der Waals surface area contributed by atoms with Crippen LogP contribution >= 0.6 is 0 Å². The van der Waals surface area contributed by atoms with Gasteiger partial charge in [-0.3, -0.25) is 14.5 Å². The molecule has 0 N–H and O–H groups in total. The van der Waals surface area contributed by atoms with E-state index in [1.165, 1.54) is 60.1 Å². The standard InChI is InChI=1S/C29H33FN2O6S/c1-8-39(36,37)17-19-9-11-22(27(34)21-12-10-20(30)13-18(21)2)23(14-19)24-16-31(6)26(33)15-25(24)32(7)28(35)38-29(3,4)5/h9-16H,8,17H2,1-7H3. The maximum atomic E-state index is 13.8. The van der Waals surface area contributed by atoms with Crippen molar-refractivity contribution in [1.29, 1.82) is 0 Å². The monoisotopic (exact) mass is 556 g/mol. The summed E-state index contributed by atoms with van der Waals surface area (Å²) in [5.41, 5.74) is 0.926. The van der Waals surface area contributed by atoms with Crippen LogP contribution in [0.5, 0.6) is 0 Å². The Labute approximate surface area is 228 Å². The fraction of sp³-hybridized carbons (Fsp3) is 0.345. The molecule has 0 spiro atoms. The number of pyridine rings is 1. The molecule has 0 saturated carbocycles. The van der Waals surface area contributed by atoms with Crippen molar-refractivity contribution in [3.63, 3.8) is 0 Å². The van der Waals surface area contributed by atoms with Crippen molar-refractivity contribution in [3.8, 4) is 11.1 Å². The molecule has 1 aromatic heterocycles. The number of ether oxygens (including phenoxy) is 1. The molecule has 0 aliphatic carbocycles. The SMILES string of the molecule is CCS(=O)(=O)Cc1ccc(C(=O)c2ccc(F)cc2C)c(-c2cn(C)c(=O)cc2N(C)C(=O)OC(C)(C)C)c1. The Morgan fingerprint density at radius 2 is 1.67 bits per heavy atom. The number of benzene rings is 2. The normalized spacial score (nSPS) is 11.8. The molecule has 3 aromatic rings. The summed E-state index contributed by atoms with van der Waals surface area (Å²) in [5, 5.41) is 0. The van der Waals surface area contributed by atoms with Gasteiger partial charge in [-0.25, -0.2) is 17.6 Å². The third kappa shape index (κ3) is 7.00. The molecule has 2 aromatic carbocycles. The van der Waals surface area contributed by atoms with E-state index in [0.29, 0.717) is 22.3 Å². The van der Waals surface area contributed by atoms with Crippen LogP contribution in [0.1, 0.15) is 54.7 Å². The largest absolute Gasteiger partial charge is 0.443 e. The molecule has 1 amide bonds. The zero-order valence-corrected chi connectivity index (χ0v) is 24.0. The number of sulfone groups is 1. The van der Waals surface area contributed by atoms with Gasteiger partial charge < -0.3 is 9.30 Å². The van der Waals surface area contributed by atoms with Gasteiger partial charge in [-0.1, -0.05) is 19.1 Å². The number of anilines is 1. The maximum Gasteiger partial charge on any atom is 0.414 e. The first-order chi connectivity index (χ1) is 18.0. The van der Waals surface area contributed by atoms with Crippen LogP contribution in [0.2, 0.25) is 0 Å². The molecule has 8 nitrogen and oxygen atoms in total. The van der Waals surface area contributed by atoms with Crippen LogP contribution in [0, 0.1) is 12.7 Å². The Hall–Kier alpha value is -3.79. The summed E-state index contributed by atoms with van der Waals surface area (Å²) in [5.74, 6) is -1.23. The fourth-order valence-electron chi connectivity index (χ4n) is 4.02. The molecule has 0 bridgehead atoms. The second kappa shape index (κ2) is 11.1. The smallest absolute Gasteiger partial charge is 0.414 e. The Morgan fingerprint density at radius 3 is 2.26 bits per heavy atom. The van der Waals surface area contributed by atoms with Gasteiger partial charge in [-0.15, -0.1) is 0 Å². The van der Waals surface area contributed by atoms with E-state index in [1.807, 2.05) is 0 Å². The predicted molar refractivity (Wildman–Crippen MR) is 149 cm³/mol. The van der Waals surface area contributed by atoms with Crippen molar-refractivity contribution < 1.29 is 27.1 Å². The highest BCUT2D eigenvalue weighted by molar-refractivity contribution is 7.90. The summed E-state index contributed by atoms with van der Waals surface area (Å²) in [6.45, 7) is 8.30. The number of hydrogen-bond acceptors (Lipinski definition) is 6. The Kier molecular flexibility index (Phi) is 8.50. The molecule has 1 heterocycles. The van der Waals surface area contributed by atoms with Crippen molar-refractivity contribution in [3.05, 3.63) is 87.1 Å². The first kappa shape index (κ1) is 29.8. The fourth-order valence-corrected chi connectivity index (χ4v) is 4.91. The molecule has 3 rings (SSSR count). The van der Waals surface area contributed by atoms with Gasteiger partial charge in [-0.05, 0) is 68.7 Å². The van der Waals surface area contributed by atoms with E-state index in [-0.39, 0.29) is 28.3 Å². The topological polar surface area (TPSA) is 103 Å². The zero-order chi connectivity index (χ0) is 29.3. The van der Waals surface area contributed by atoms with Crippen molar-refractivity contribution in [2.45, 2.75) is 46.0 Å². The van der Waals surface area contributed by atoms with Crippen LogP contribution in [0.3, 0.4) is 0 Å². The lowest BCUT2D eigenvalue weighted by molar-refractivity contribution is 0.0589. The molecule has 0 radical (unpaired) electrons. The van der Waals surface area contributed by atoms with Crippen molar-refractivity contribution in [2.24, 2.45) is 7.05 Å². The van der Waals surface area contributed by atoms with Crippen LogP contribution in [0.4, 0.5) is 14.9 Å². The average Bonchev–Trinajstić information content (AvgIpc) is 2.83. The van der Waals surface area contributed by atoms with Crippen LogP contribution < -0.4 is 10.5 Å². The quantitative estimate of drug-likeness (QED) is 0.378. The summed E-state index contributed by atoms with van der Waals surface area (Å²) in [7, 11) is -0.434. The summed E-state index contributed by atoms with van der Waals surface area (Å²) >= 11 is 0. The second-order valence-corrected chi connectivity index (χ2v) is 12.8. The van der Waals surface area contributed by atoms with E-state index in [2.05, 4.69) is 0 Å².